The van der Waals surface area contributed by atoms with E-state index in [0.717, 1.165) is 29.0 Å². The van der Waals surface area contributed by atoms with Crippen LogP contribution in [0.3, 0.4) is 0 Å². The Balaban J connectivity index is 1.44. The maximum Gasteiger partial charge on any atom is 0.247 e. The number of rotatable bonds is 3. The van der Waals surface area contributed by atoms with Crippen LogP contribution in [-0.4, -0.2) is 27.5 Å². The Hall–Kier alpha value is -2.47. The summed E-state index contributed by atoms with van der Waals surface area (Å²) in [6.45, 7) is 0.659. The van der Waals surface area contributed by atoms with Crippen molar-refractivity contribution in [2.75, 3.05) is 6.54 Å². The highest BCUT2D eigenvalue weighted by molar-refractivity contribution is 7.95. The van der Waals surface area contributed by atoms with Crippen LogP contribution in [0.15, 0.2) is 71.3 Å². The molecule has 6 heteroatoms. The predicted molar refractivity (Wildman–Crippen MR) is 91.8 cm³/mol. The molecule has 0 aromatic heterocycles. The minimum atomic E-state index is 0.0412. The number of fused-ring (bicyclic) bond motifs is 1. The maximum atomic E-state index is 12.5. The van der Waals surface area contributed by atoms with Crippen LogP contribution < -0.4 is 4.72 Å². The highest BCUT2D eigenvalue weighted by Crippen LogP contribution is 2.28. The first-order valence-corrected chi connectivity index (χ1v) is 8.31. The Bertz CT molecular complexity index is 751. The van der Waals surface area contributed by atoms with Gasteiger partial charge in [0, 0.05) is 18.8 Å². The van der Waals surface area contributed by atoms with Gasteiger partial charge in [-0.25, -0.2) is 5.01 Å². The lowest BCUT2D eigenvalue weighted by Crippen LogP contribution is -2.23. The Morgan fingerprint density at radius 3 is 3.04 bits per heavy atom. The number of benzene rings is 1. The number of hydrazone groups is 1. The Kier molecular flexibility index (Phi) is 3.67. The number of amides is 1. The average molecular weight is 324 g/mol. The molecule has 1 amide bonds. The Morgan fingerprint density at radius 2 is 2.17 bits per heavy atom. The molecule has 3 aliphatic rings. The summed E-state index contributed by atoms with van der Waals surface area (Å²) in [6.07, 6.45) is 9.10. The first kappa shape index (κ1) is 14.1. The average Bonchev–Trinajstić information content (AvgIpc) is 3.24. The summed E-state index contributed by atoms with van der Waals surface area (Å²) < 4.78 is 5.11. The summed E-state index contributed by atoms with van der Waals surface area (Å²) >= 11 is 1.51. The lowest BCUT2D eigenvalue weighted by atomic mass is 10.1. The van der Waals surface area contributed by atoms with Crippen LogP contribution in [0.5, 0.6) is 0 Å². The molecule has 0 saturated carbocycles. The minimum Gasteiger partial charge on any atom is -0.316 e. The zero-order valence-corrected chi connectivity index (χ0v) is 13.3. The van der Waals surface area contributed by atoms with Crippen LogP contribution in [0.1, 0.15) is 18.4 Å². The zero-order chi connectivity index (χ0) is 15.6. The molecule has 5 nitrogen and oxygen atoms in total. The van der Waals surface area contributed by atoms with E-state index in [0.29, 0.717) is 13.0 Å². The van der Waals surface area contributed by atoms with Crippen LogP contribution in [-0.2, 0) is 4.79 Å². The Labute approximate surface area is 139 Å². The third-order valence-electron chi connectivity index (χ3n) is 3.92. The number of allylic oxidation sites excluding steroid dienone is 2. The SMILES string of the molecule is O=C(CC1=CC2=CNSN2C=C1)N1CCC(c2ccccc2)=N1. The van der Waals surface area contributed by atoms with E-state index in [1.807, 2.05) is 59.2 Å². The number of carbonyl (C=O) groups excluding carboxylic acids is 1. The van der Waals surface area contributed by atoms with Gasteiger partial charge in [-0.3, -0.25) is 9.10 Å². The van der Waals surface area contributed by atoms with E-state index in [1.165, 1.54) is 12.1 Å². The van der Waals surface area contributed by atoms with Crippen molar-refractivity contribution in [2.24, 2.45) is 5.10 Å². The van der Waals surface area contributed by atoms with Gasteiger partial charge >= 0.3 is 0 Å². The van der Waals surface area contributed by atoms with Crippen molar-refractivity contribution in [3.05, 3.63) is 71.7 Å². The van der Waals surface area contributed by atoms with Gasteiger partial charge in [-0.05, 0) is 23.3 Å². The molecule has 0 unspecified atom stereocenters. The summed E-state index contributed by atoms with van der Waals surface area (Å²) in [5.41, 5.74) is 4.15. The third kappa shape index (κ3) is 2.90. The van der Waals surface area contributed by atoms with Crippen LogP contribution in [0, 0.1) is 0 Å². The van der Waals surface area contributed by atoms with Crippen LogP contribution in [0.25, 0.3) is 0 Å². The van der Waals surface area contributed by atoms with Crippen molar-refractivity contribution < 1.29 is 4.79 Å². The molecule has 1 N–H and O–H groups in total. The molecule has 0 bridgehead atoms. The van der Waals surface area contributed by atoms with Gasteiger partial charge in [0.2, 0.25) is 5.91 Å². The monoisotopic (exact) mass is 324 g/mol. The summed E-state index contributed by atoms with van der Waals surface area (Å²) in [4.78, 5) is 12.5. The molecule has 0 fully saturated rings. The molecule has 0 aliphatic carbocycles. The van der Waals surface area contributed by atoms with Crippen LogP contribution in [0.4, 0.5) is 0 Å². The highest BCUT2D eigenvalue weighted by atomic mass is 32.2. The van der Waals surface area contributed by atoms with Gasteiger partial charge in [-0.1, -0.05) is 30.3 Å². The maximum absolute atomic E-state index is 12.5. The Morgan fingerprint density at radius 1 is 1.30 bits per heavy atom. The summed E-state index contributed by atoms with van der Waals surface area (Å²) in [5.74, 6) is 0.0412. The standard InChI is InChI=1S/C17H16N4OS/c22-17(11-13-6-9-21-15(10-13)12-18-23-21)20-8-7-16(19-20)14-4-2-1-3-5-14/h1-6,9-10,12,18H,7-8,11H2. The van der Waals surface area contributed by atoms with Gasteiger partial charge in [0.1, 0.15) is 0 Å². The van der Waals surface area contributed by atoms with Crippen molar-refractivity contribution in [2.45, 2.75) is 12.8 Å². The van der Waals surface area contributed by atoms with Gasteiger partial charge in [0.25, 0.3) is 0 Å². The quantitative estimate of drug-likeness (QED) is 0.869. The first-order valence-electron chi connectivity index (χ1n) is 7.53. The van der Waals surface area contributed by atoms with E-state index in [4.69, 9.17) is 0 Å². The fraction of sp³-hybridized carbons (Fsp3) is 0.176. The molecular weight excluding hydrogens is 308 g/mol. The summed E-state index contributed by atoms with van der Waals surface area (Å²) in [5, 5.41) is 6.09. The van der Waals surface area contributed by atoms with E-state index in [2.05, 4.69) is 9.82 Å². The highest BCUT2D eigenvalue weighted by Gasteiger charge is 2.23. The first-order chi connectivity index (χ1) is 11.3. The molecule has 0 atom stereocenters. The van der Waals surface area contributed by atoms with Crippen molar-refractivity contribution in [1.82, 2.24) is 14.0 Å². The molecule has 0 saturated heterocycles. The molecule has 23 heavy (non-hydrogen) atoms. The molecule has 3 heterocycles. The molecular formula is C17H16N4OS. The van der Waals surface area contributed by atoms with Gasteiger partial charge in [0.15, 0.2) is 0 Å². The van der Waals surface area contributed by atoms with Crippen LogP contribution >= 0.6 is 12.1 Å². The normalized spacial score (nSPS) is 19.0. The fourth-order valence-corrected chi connectivity index (χ4v) is 3.35. The lowest BCUT2D eigenvalue weighted by Gasteiger charge is -2.18. The van der Waals surface area contributed by atoms with E-state index in [9.17, 15) is 4.79 Å². The lowest BCUT2D eigenvalue weighted by molar-refractivity contribution is -0.129. The van der Waals surface area contributed by atoms with E-state index in [1.54, 1.807) is 5.01 Å². The predicted octanol–water partition coefficient (Wildman–Crippen LogP) is 2.78. The largest absolute Gasteiger partial charge is 0.316 e. The van der Waals surface area contributed by atoms with Gasteiger partial charge < -0.3 is 4.72 Å². The van der Waals surface area contributed by atoms with Gasteiger partial charge in [-0.2, -0.15) is 5.10 Å². The third-order valence-corrected chi connectivity index (χ3v) is 4.67. The van der Waals surface area contributed by atoms with Crippen LogP contribution in [0.2, 0.25) is 0 Å². The fourth-order valence-electron chi connectivity index (χ4n) is 2.73. The van der Waals surface area contributed by atoms with Gasteiger partial charge in [-0.15, -0.1) is 0 Å². The number of hydrogen-bond donors (Lipinski definition) is 1. The molecule has 1 aromatic rings. The number of hydrogen-bond acceptors (Lipinski definition) is 5. The molecule has 1 aromatic carbocycles. The zero-order valence-electron chi connectivity index (χ0n) is 12.5. The molecule has 0 radical (unpaired) electrons. The molecule has 116 valence electrons. The smallest absolute Gasteiger partial charge is 0.247 e. The second-order valence-electron chi connectivity index (χ2n) is 5.50. The van der Waals surface area contributed by atoms with E-state index in [-0.39, 0.29) is 5.91 Å². The molecule has 4 rings (SSSR count). The summed E-state index contributed by atoms with van der Waals surface area (Å²) in [7, 11) is 0. The second kappa shape index (κ2) is 5.96. The topological polar surface area (TPSA) is 47.9 Å². The molecule has 0 spiro atoms. The van der Waals surface area contributed by atoms with Crippen molar-refractivity contribution in [1.29, 1.82) is 0 Å². The molecule has 3 aliphatic heterocycles. The second-order valence-corrected chi connectivity index (χ2v) is 6.31. The number of nitrogens with one attached hydrogen (secondary N) is 1. The minimum absolute atomic E-state index is 0.0412. The number of carbonyl (C=O) groups is 1. The van der Waals surface area contributed by atoms with Crippen molar-refractivity contribution >= 4 is 23.8 Å². The van der Waals surface area contributed by atoms with Gasteiger partial charge in [0.05, 0.1) is 36.5 Å². The van der Waals surface area contributed by atoms with E-state index < -0.39 is 0 Å². The van der Waals surface area contributed by atoms with Crippen molar-refractivity contribution in [3.8, 4) is 0 Å². The number of nitrogens with zero attached hydrogens (tertiary/aromatic N) is 3. The van der Waals surface area contributed by atoms with E-state index >= 15 is 0 Å². The summed E-state index contributed by atoms with van der Waals surface area (Å²) in [6, 6.07) is 10.0. The van der Waals surface area contributed by atoms with Crippen molar-refractivity contribution in [3.63, 3.8) is 0 Å².